The molecule has 2 bridgehead atoms. The molecule has 2 fully saturated rings. The Kier molecular flexibility index (Phi) is 2.92. The standard InChI is InChI=1S/C18H18N4O2/c1-22-12-7-15(19-8-12)17(22)18(23)16-13-3-2-10(6-14(13)20-21-16)11-4-5-24-9-11/h2-6,9,12,15,17,19H,7-8H2,1H3,(H,20,21)/t12-,15+,17?/m0/s1. The SMILES string of the molecule is CN1C(C(=O)c2n[nH]c3cc(-c4ccoc4)ccc23)[C@H]2C[C@H]1CN2. The zero-order valence-electron chi connectivity index (χ0n) is 13.3. The van der Waals surface area contributed by atoms with E-state index in [9.17, 15) is 4.79 Å². The molecule has 3 atom stereocenters. The lowest BCUT2D eigenvalue weighted by molar-refractivity contribution is 0.0811. The molecule has 0 saturated carbocycles. The quantitative estimate of drug-likeness (QED) is 0.722. The summed E-state index contributed by atoms with van der Waals surface area (Å²) >= 11 is 0. The number of hydrogen-bond donors (Lipinski definition) is 2. The second kappa shape index (κ2) is 5.03. The third-order valence-corrected chi connectivity index (χ3v) is 5.46. The summed E-state index contributed by atoms with van der Waals surface area (Å²) in [6, 6.07) is 8.47. The first kappa shape index (κ1) is 13.9. The van der Waals surface area contributed by atoms with E-state index in [4.69, 9.17) is 4.42 Å². The highest BCUT2D eigenvalue weighted by Gasteiger charge is 2.48. The molecule has 4 heterocycles. The van der Waals surface area contributed by atoms with Gasteiger partial charge < -0.3 is 9.73 Å². The molecule has 122 valence electrons. The molecule has 2 saturated heterocycles. The van der Waals surface area contributed by atoms with Crippen LogP contribution >= 0.6 is 0 Å². The molecule has 0 aliphatic carbocycles. The van der Waals surface area contributed by atoms with E-state index in [1.54, 1.807) is 12.5 Å². The Morgan fingerprint density at radius 2 is 2.25 bits per heavy atom. The van der Waals surface area contributed by atoms with Gasteiger partial charge >= 0.3 is 0 Å². The third kappa shape index (κ3) is 1.90. The summed E-state index contributed by atoms with van der Waals surface area (Å²) in [4.78, 5) is 15.3. The van der Waals surface area contributed by atoms with Crippen molar-refractivity contribution in [2.75, 3.05) is 13.6 Å². The lowest BCUT2D eigenvalue weighted by Crippen LogP contribution is -2.53. The van der Waals surface area contributed by atoms with Crippen molar-refractivity contribution in [2.24, 2.45) is 0 Å². The molecule has 0 radical (unpaired) electrons. The first-order valence-corrected chi connectivity index (χ1v) is 8.22. The summed E-state index contributed by atoms with van der Waals surface area (Å²) in [6.45, 7) is 0.973. The largest absolute Gasteiger partial charge is 0.472 e. The van der Waals surface area contributed by atoms with Crippen LogP contribution in [0, 0.1) is 0 Å². The van der Waals surface area contributed by atoms with Crippen LogP contribution in [0.25, 0.3) is 22.0 Å². The second-order valence-electron chi connectivity index (χ2n) is 6.72. The third-order valence-electron chi connectivity index (χ3n) is 5.46. The van der Waals surface area contributed by atoms with E-state index in [2.05, 4.69) is 20.4 Å². The molecule has 2 N–H and O–H groups in total. The summed E-state index contributed by atoms with van der Waals surface area (Å²) in [5.74, 6) is 0.0968. The number of Topliss-reactive ketones (excluding diaryl/α,β-unsaturated/α-hetero) is 1. The van der Waals surface area contributed by atoms with Crippen molar-refractivity contribution in [3.63, 3.8) is 0 Å². The van der Waals surface area contributed by atoms with Gasteiger partial charge in [0.1, 0.15) is 5.69 Å². The Morgan fingerprint density at radius 1 is 1.33 bits per heavy atom. The number of furan rings is 1. The van der Waals surface area contributed by atoms with Crippen molar-refractivity contribution in [2.45, 2.75) is 24.5 Å². The molecule has 2 aromatic heterocycles. The van der Waals surface area contributed by atoms with Crippen molar-refractivity contribution in [3.8, 4) is 11.1 Å². The first-order chi connectivity index (χ1) is 11.7. The lowest BCUT2D eigenvalue weighted by Gasteiger charge is -2.30. The van der Waals surface area contributed by atoms with Gasteiger partial charge in [-0.3, -0.25) is 14.8 Å². The molecule has 3 aromatic rings. The second-order valence-corrected chi connectivity index (χ2v) is 6.72. The van der Waals surface area contributed by atoms with E-state index in [0.29, 0.717) is 11.7 Å². The summed E-state index contributed by atoms with van der Waals surface area (Å²) in [5, 5.41) is 11.7. The lowest BCUT2D eigenvalue weighted by atomic mass is 9.99. The topological polar surface area (TPSA) is 74.2 Å². The number of fused-ring (bicyclic) bond motifs is 3. The average molecular weight is 322 g/mol. The maximum Gasteiger partial charge on any atom is 0.202 e. The number of H-pyrrole nitrogens is 1. The van der Waals surface area contributed by atoms with E-state index in [1.807, 2.05) is 31.3 Å². The molecule has 6 nitrogen and oxygen atoms in total. The predicted octanol–water partition coefficient (Wildman–Crippen LogP) is 2.05. The van der Waals surface area contributed by atoms with Gasteiger partial charge in [-0.05, 0) is 37.2 Å². The fourth-order valence-corrected chi connectivity index (χ4v) is 4.13. The number of aromatic nitrogens is 2. The number of piperazine rings is 1. The summed E-state index contributed by atoms with van der Waals surface area (Å²) in [5.41, 5.74) is 3.46. The normalized spacial score (nSPS) is 26.5. The Labute approximate surface area is 138 Å². The van der Waals surface area contributed by atoms with Gasteiger partial charge in [0, 0.05) is 29.6 Å². The maximum absolute atomic E-state index is 13.1. The van der Waals surface area contributed by atoms with Crippen molar-refractivity contribution < 1.29 is 9.21 Å². The maximum atomic E-state index is 13.1. The van der Waals surface area contributed by atoms with Gasteiger partial charge in [0.25, 0.3) is 0 Å². The number of nitrogens with zero attached hydrogens (tertiary/aromatic N) is 2. The highest BCUT2D eigenvalue weighted by Crippen LogP contribution is 2.32. The van der Waals surface area contributed by atoms with E-state index >= 15 is 0 Å². The predicted molar refractivity (Wildman–Crippen MR) is 89.9 cm³/mol. The molecule has 2 aliphatic rings. The minimum Gasteiger partial charge on any atom is -0.472 e. The minimum absolute atomic E-state index is 0.0968. The Morgan fingerprint density at radius 3 is 3.00 bits per heavy atom. The fraction of sp³-hybridized carbons (Fsp3) is 0.333. The first-order valence-electron chi connectivity index (χ1n) is 8.22. The number of carbonyl (C=O) groups excluding carboxylic acids is 1. The Balaban J connectivity index is 1.52. The van der Waals surface area contributed by atoms with Gasteiger partial charge in [-0.2, -0.15) is 5.10 Å². The molecule has 24 heavy (non-hydrogen) atoms. The number of carbonyl (C=O) groups is 1. The molecule has 6 heteroatoms. The highest BCUT2D eigenvalue weighted by atomic mass is 16.3. The molecule has 1 unspecified atom stereocenters. The molecular weight excluding hydrogens is 304 g/mol. The van der Waals surface area contributed by atoms with Crippen LogP contribution in [0.3, 0.4) is 0 Å². The van der Waals surface area contributed by atoms with Gasteiger partial charge in [-0.25, -0.2) is 0 Å². The number of likely N-dealkylation sites (tertiary alicyclic amines) is 1. The zero-order valence-corrected chi connectivity index (χ0v) is 13.3. The van der Waals surface area contributed by atoms with Gasteiger partial charge in [-0.1, -0.05) is 6.07 Å². The van der Waals surface area contributed by atoms with Crippen LogP contribution in [-0.2, 0) is 0 Å². The smallest absolute Gasteiger partial charge is 0.202 e. The monoisotopic (exact) mass is 322 g/mol. The van der Waals surface area contributed by atoms with E-state index in [0.717, 1.165) is 35.0 Å². The Bertz CT molecular complexity index is 912. The van der Waals surface area contributed by atoms with Gasteiger partial charge in [-0.15, -0.1) is 0 Å². The number of rotatable bonds is 3. The number of likely N-dealkylation sites (N-methyl/N-ethyl adjacent to an activating group) is 1. The van der Waals surface area contributed by atoms with Crippen LogP contribution in [0.1, 0.15) is 16.9 Å². The van der Waals surface area contributed by atoms with Crippen LogP contribution in [0.5, 0.6) is 0 Å². The highest BCUT2D eigenvalue weighted by molar-refractivity contribution is 6.09. The van der Waals surface area contributed by atoms with Gasteiger partial charge in [0.2, 0.25) is 5.78 Å². The van der Waals surface area contributed by atoms with E-state index in [1.165, 1.54) is 0 Å². The number of aromatic amines is 1. The van der Waals surface area contributed by atoms with Crippen LogP contribution < -0.4 is 5.32 Å². The molecule has 5 rings (SSSR count). The Hall–Kier alpha value is -2.44. The van der Waals surface area contributed by atoms with Crippen molar-refractivity contribution in [3.05, 3.63) is 42.5 Å². The zero-order chi connectivity index (χ0) is 16.3. The van der Waals surface area contributed by atoms with Crippen LogP contribution in [0.15, 0.2) is 41.2 Å². The molecule has 2 aliphatic heterocycles. The van der Waals surface area contributed by atoms with Gasteiger partial charge in [0.05, 0.1) is 24.1 Å². The van der Waals surface area contributed by atoms with Crippen molar-refractivity contribution in [1.29, 1.82) is 0 Å². The van der Waals surface area contributed by atoms with E-state index < -0.39 is 0 Å². The number of ketones is 1. The number of nitrogens with one attached hydrogen (secondary N) is 2. The van der Waals surface area contributed by atoms with Gasteiger partial charge in [0.15, 0.2) is 0 Å². The number of hydrogen-bond acceptors (Lipinski definition) is 5. The molecular formula is C18H18N4O2. The van der Waals surface area contributed by atoms with Crippen LogP contribution in [-0.4, -0.2) is 52.6 Å². The summed E-state index contributed by atoms with van der Waals surface area (Å²) in [7, 11) is 2.04. The van der Waals surface area contributed by atoms with Crippen molar-refractivity contribution in [1.82, 2.24) is 20.4 Å². The minimum atomic E-state index is -0.121. The number of benzene rings is 1. The summed E-state index contributed by atoms with van der Waals surface area (Å²) < 4.78 is 5.14. The molecule has 0 amide bonds. The molecule has 0 spiro atoms. The fourth-order valence-electron chi connectivity index (χ4n) is 4.13. The van der Waals surface area contributed by atoms with Crippen molar-refractivity contribution >= 4 is 16.7 Å². The van der Waals surface area contributed by atoms with Crippen LogP contribution in [0.2, 0.25) is 0 Å². The summed E-state index contributed by atoms with van der Waals surface area (Å²) in [6.07, 6.45) is 4.40. The average Bonchev–Trinajstić information content (AvgIpc) is 3.36. The molecule has 1 aromatic carbocycles. The van der Waals surface area contributed by atoms with E-state index in [-0.39, 0.29) is 17.9 Å². The van der Waals surface area contributed by atoms with Crippen LogP contribution in [0.4, 0.5) is 0 Å².